The second-order valence-electron chi connectivity index (χ2n) is 3.78. The number of nitrogens with zero attached hydrogens (tertiary/aromatic N) is 3. The number of hydrogen-bond acceptors (Lipinski definition) is 6. The fraction of sp³-hybridized carbons (Fsp3) is 0.400. The zero-order valence-corrected chi connectivity index (χ0v) is 11.3. The number of carbonyl (C=O) groups is 1. The van der Waals surface area contributed by atoms with Crippen molar-refractivity contribution in [2.45, 2.75) is 6.92 Å². The zero-order valence-electron chi connectivity index (χ0n) is 10.5. The highest BCUT2D eigenvalue weighted by atomic mass is 32.1. The maximum absolute atomic E-state index is 12.0. The molecule has 8 nitrogen and oxygen atoms in total. The number of aryl methyl sites for hydroxylation is 1. The molecule has 0 aliphatic carbocycles. The van der Waals surface area contributed by atoms with E-state index in [1.807, 2.05) is 0 Å². The van der Waals surface area contributed by atoms with E-state index in [9.17, 15) is 19.6 Å². The third-order valence-corrected chi connectivity index (χ3v) is 3.81. The summed E-state index contributed by atoms with van der Waals surface area (Å²) in [4.78, 5) is 35.4. The average Bonchev–Trinajstić information content (AvgIpc) is 2.72. The Labute approximate surface area is 110 Å². The number of ether oxygens (including phenoxy) is 1. The Morgan fingerprint density at radius 1 is 1.37 bits per heavy atom. The summed E-state index contributed by atoms with van der Waals surface area (Å²) in [7, 11) is 2.70. The van der Waals surface area contributed by atoms with E-state index in [2.05, 4.69) is 0 Å². The maximum Gasteiger partial charge on any atom is 0.416 e. The standard InChI is InChI=1S/C10H11N3O5S/c1-4-18-9(15)8-13(17)5-6(14)11(2)10(16)12(3)7(5)19-8/h4H2,1-3H3. The number of carbonyl (C=O) groups excluding carboxylic acids is 1. The van der Waals surface area contributed by atoms with Crippen LogP contribution in [0.4, 0.5) is 0 Å². The smallest absolute Gasteiger partial charge is 0.416 e. The van der Waals surface area contributed by atoms with Gasteiger partial charge < -0.3 is 9.94 Å². The van der Waals surface area contributed by atoms with Gasteiger partial charge in [-0.1, -0.05) is 0 Å². The molecule has 0 unspecified atom stereocenters. The number of rotatable bonds is 2. The van der Waals surface area contributed by atoms with E-state index in [1.54, 1.807) is 6.92 Å². The summed E-state index contributed by atoms with van der Waals surface area (Å²) in [5, 5.41) is 11.7. The van der Waals surface area contributed by atoms with Crippen LogP contribution in [0.1, 0.15) is 16.7 Å². The Kier molecular flexibility index (Phi) is 3.14. The minimum Gasteiger partial charge on any atom is -0.617 e. The molecule has 2 aromatic rings. The van der Waals surface area contributed by atoms with E-state index < -0.39 is 17.2 Å². The summed E-state index contributed by atoms with van der Waals surface area (Å²) in [5.41, 5.74) is -1.53. The molecule has 0 radical (unpaired) electrons. The van der Waals surface area contributed by atoms with Crippen molar-refractivity contribution in [2.75, 3.05) is 6.61 Å². The largest absolute Gasteiger partial charge is 0.617 e. The first-order chi connectivity index (χ1) is 8.90. The molecule has 0 bridgehead atoms. The van der Waals surface area contributed by atoms with Crippen molar-refractivity contribution in [3.05, 3.63) is 31.1 Å². The highest BCUT2D eigenvalue weighted by Crippen LogP contribution is 2.16. The first kappa shape index (κ1) is 13.3. The summed E-state index contributed by atoms with van der Waals surface area (Å²) in [5.74, 6) is -0.812. The molecule has 2 aromatic heterocycles. The van der Waals surface area contributed by atoms with Gasteiger partial charge in [-0.2, -0.15) is 0 Å². The lowest BCUT2D eigenvalue weighted by Gasteiger charge is -2.01. The Morgan fingerprint density at radius 3 is 2.58 bits per heavy atom. The topological polar surface area (TPSA) is 97.2 Å². The van der Waals surface area contributed by atoms with Crippen molar-refractivity contribution in [3.63, 3.8) is 0 Å². The Balaban J connectivity index is 2.89. The van der Waals surface area contributed by atoms with Crippen molar-refractivity contribution in [1.82, 2.24) is 9.13 Å². The molecule has 0 aliphatic heterocycles. The van der Waals surface area contributed by atoms with Gasteiger partial charge in [-0.3, -0.25) is 13.9 Å². The van der Waals surface area contributed by atoms with Crippen LogP contribution in [0.3, 0.4) is 0 Å². The summed E-state index contributed by atoms with van der Waals surface area (Å²) in [6, 6.07) is 0. The number of aromatic nitrogens is 3. The van der Waals surface area contributed by atoms with Crippen LogP contribution in [0.15, 0.2) is 9.59 Å². The lowest BCUT2D eigenvalue weighted by molar-refractivity contribution is -0.576. The molecule has 0 atom stereocenters. The minimum absolute atomic E-state index is 0.115. The highest BCUT2D eigenvalue weighted by molar-refractivity contribution is 7.19. The van der Waals surface area contributed by atoms with E-state index in [4.69, 9.17) is 4.74 Å². The van der Waals surface area contributed by atoms with Gasteiger partial charge in [0.05, 0.1) is 6.61 Å². The molecule has 0 aromatic carbocycles. The van der Waals surface area contributed by atoms with E-state index in [0.717, 1.165) is 20.5 Å². The molecule has 0 spiro atoms. The van der Waals surface area contributed by atoms with Crippen LogP contribution < -0.4 is 16.0 Å². The number of esters is 1. The zero-order chi connectivity index (χ0) is 14.3. The second kappa shape index (κ2) is 4.50. The number of hydrogen-bond donors (Lipinski definition) is 0. The lowest BCUT2D eigenvalue weighted by atomic mass is 10.5. The van der Waals surface area contributed by atoms with Gasteiger partial charge in [0.2, 0.25) is 0 Å². The fourth-order valence-corrected chi connectivity index (χ4v) is 2.63. The van der Waals surface area contributed by atoms with Crippen LogP contribution in [-0.4, -0.2) is 21.7 Å². The highest BCUT2D eigenvalue weighted by Gasteiger charge is 2.29. The van der Waals surface area contributed by atoms with E-state index >= 15 is 0 Å². The predicted octanol–water partition coefficient (Wildman–Crippen LogP) is -0.891. The molecule has 0 saturated carbocycles. The van der Waals surface area contributed by atoms with Crippen molar-refractivity contribution in [3.8, 4) is 0 Å². The van der Waals surface area contributed by atoms with Crippen LogP contribution in [0, 0.1) is 5.21 Å². The van der Waals surface area contributed by atoms with Gasteiger partial charge in [0.1, 0.15) is 0 Å². The SMILES string of the molecule is CCOC(=O)c1sc2c(c(=O)n(C)c(=O)n2C)[n+]1[O-]. The van der Waals surface area contributed by atoms with Crippen LogP contribution in [0.5, 0.6) is 0 Å². The van der Waals surface area contributed by atoms with E-state index in [0.29, 0.717) is 0 Å². The molecule has 0 saturated heterocycles. The van der Waals surface area contributed by atoms with Gasteiger partial charge in [0.25, 0.3) is 0 Å². The van der Waals surface area contributed by atoms with Crippen LogP contribution in [0.2, 0.25) is 0 Å². The third-order valence-electron chi connectivity index (χ3n) is 2.62. The second-order valence-corrected chi connectivity index (χ2v) is 4.76. The summed E-state index contributed by atoms with van der Waals surface area (Å²) in [6.07, 6.45) is 0. The van der Waals surface area contributed by atoms with Crippen LogP contribution in [0.25, 0.3) is 10.3 Å². The van der Waals surface area contributed by atoms with Crippen molar-refractivity contribution in [1.29, 1.82) is 0 Å². The number of fused-ring (bicyclic) bond motifs is 1. The molecule has 0 fully saturated rings. The monoisotopic (exact) mass is 285 g/mol. The summed E-state index contributed by atoms with van der Waals surface area (Å²) < 4.78 is 6.92. The molecular formula is C10H11N3O5S. The Hall–Kier alpha value is -2.16. The van der Waals surface area contributed by atoms with Crippen molar-refractivity contribution >= 4 is 27.7 Å². The third kappa shape index (κ3) is 1.82. The van der Waals surface area contributed by atoms with Gasteiger partial charge >= 0.3 is 27.7 Å². The van der Waals surface area contributed by atoms with Gasteiger partial charge in [-0.15, -0.1) is 4.73 Å². The molecule has 19 heavy (non-hydrogen) atoms. The summed E-state index contributed by atoms with van der Waals surface area (Å²) >= 11 is 0.761. The maximum atomic E-state index is 12.0. The first-order valence-electron chi connectivity index (χ1n) is 5.39. The van der Waals surface area contributed by atoms with Crippen LogP contribution >= 0.6 is 11.3 Å². The Bertz CT molecular complexity index is 785. The minimum atomic E-state index is -0.812. The molecule has 0 N–H and O–H groups in total. The lowest BCUT2D eigenvalue weighted by Crippen LogP contribution is -2.43. The molecule has 9 heteroatoms. The van der Waals surface area contributed by atoms with E-state index in [1.165, 1.54) is 14.1 Å². The van der Waals surface area contributed by atoms with Crippen LogP contribution in [-0.2, 0) is 18.8 Å². The molecular weight excluding hydrogens is 274 g/mol. The van der Waals surface area contributed by atoms with Gasteiger partial charge in [0, 0.05) is 14.1 Å². The molecule has 102 valence electrons. The predicted molar refractivity (Wildman–Crippen MR) is 67.2 cm³/mol. The van der Waals surface area contributed by atoms with Crippen molar-refractivity contribution in [2.24, 2.45) is 14.1 Å². The molecule has 2 heterocycles. The molecule has 0 amide bonds. The first-order valence-corrected chi connectivity index (χ1v) is 6.21. The van der Waals surface area contributed by atoms with Gasteiger partial charge in [-0.05, 0) is 18.3 Å². The van der Waals surface area contributed by atoms with Gasteiger partial charge in [0.15, 0.2) is 4.83 Å². The normalized spacial score (nSPS) is 10.9. The Morgan fingerprint density at radius 2 is 2.00 bits per heavy atom. The summed E-state index contributed by atoms with van der Waals surface area (Å²) in [6.45, 7) is 1.72. The quantitative estimate of drug-likeness (QED) is 0.405. The van der Waals surface area contributed by atoms with Crippen molar-refractivity contribution < 1.29 is 14.3 Å². The number of thiazole rings is 1. The fourth-order valence-electron chi connectivity index (χ4n) is 1.65. The average molecular weight is 285 g/mol. The van der Waals surface area contributed by atoms with Gasteiger partial charge in [-0.25, -0.2) is 9.59 Å². The molecule has 0 aliphatic rings. The molecule has 2 rings (SSSR count). The van der Waals surface area contributed by atoms with E-state index in [-0.39, 0.29) is 26.7 Å².